The Bertz CT molecular complexity index is 3710. The van der Waals surface area contributed by atoms with Crippen molar-refractivity contribution in [3.05, 3.63) is 72.1 Å². The average Bonchev–Trinajstić information content (AvgIpc) is 1.70. The van der Waals surface area contributed by atoms with Crippen LogP contribution in [0, 0.1) is 5.92 Å². The summed E-state index contributed by atoms with van der Waals surface area (Å²) < 4.78 is 93.2. The molecule has 5 rings (SSSR count). The zero-order valence-electron chi connectivity index (χ0n) is 72.4. The van der Waals surface area contributed by atoms with Gasteiger partial charge in [-0.05, 0) is 49.4 Å². The monoisotopic (exact) mass is 1790 g/mol. The lowest BCUT2D eigenvalue weighted by Gasteiger charge is -2.25. The maximum absolute atomic E-state index is 13.9. The lowest BCUT2D eigenvalue weighted by molar-refractivity contribution is -0.194. The number of carbonyl (C=O) groups excluding carboxylic acids is 11. The van der Waals surface area contributed by atoms with E-state index >= 15 is 0 Å². The van der Waals surface area contributed by atoms with Crippen LogP contribution in [-0.4, -0.2) is 371 Å². The molecule has 704 valence electrons. The number of Topliss-reactive ketones (excluding diaryl/α,β-unsaturated/α-hetero) is 2. The highest BCUT2D eigenvalue weighted by molar-refractivity contribution is 8.00. The zero-order chi connectivity index (χ0) is 90.1. The molecule has 40 nitrogen and oxygen atoms in total. The molecule has 1 aliphatic carbocycles. The number of para-hydroxylation sites is 2. The topological polar surface area (TPSA) is 513 Å². The number of aromatic amines is 2. The molecule has 8 atom stereocenters. The van der Waals surface area contributed by atoms with Crippen LogP contribution in [0.1, 0.15) is 76.3 Å². The number of aromatic nitrogens is 2. The van der Waals surface area contributed by atoms with Gasteiger partial charge in [-0.15, -0.1) is 11.8 Å². The molecule has 1 aliphatic rings. The fourth-order valence-electron chi connectivity index (χ4n) is 12.1. The van der Waals surface area contributed by atoms with Gasteiger partial charge in [-0.3, -0.25) is 52.7 Å². The summed E-state index contributed by atoms with van der Waals surface area (Å²) in [4.78, 5) is 148. The zero-order valence-corrected chi connectivity index (χ0v) is 73.3. The summed E-state index contributed by atoms with van der Waals surface area (Å²) in [6.45, 7) is 11.9. The minimum Gasteiger partial charge on any atom is -0.460 e. The number of aliphatic hydroxyl groups is 2. The van der Waals surface area contributed by atoms with E-state index < -0.39 is 96.4 Å². The molecule has 2 aromatic carbocycles. The number of methoxy groups -OCH3 is 1. The molecule has 0 bridgehead atoms. The number of likely N-dealkylation sites (N-methyl/N-ethyl adjacent to an activating group) is 1. The Hall–Kier alpha value is -8.28. The number of ketones is 2. The lowest BCUT2D eigenvalue weighted by atomic mass is 10.00. The number of fused-ring (bicyclic) bond motifs is 2. The van der Waals surface area contributed by atoms with Crippen molar-refractivity contribution in [3.8, 4) is 0 Å². The molecule has 1 saturated carbocycles. The highest BCUT2D eigenvalue weighted by atomic mass is 32.2. The van der Waals surface area contributed by atoms with Crippen LogP contribution in [0.3, 0.4) is 0 Å². The first-order valence-electron chi connectivity index (χ1n) is 42.5. The van der Waals surface area contributed by atoms with Crippen LogP contribution >= 0.6 is 11.8 Å². The number of thioether (sulfide) groups is 1. The number of esters is 1. The Labute approximate surface area is 733 Å². The van der Waals surface area contributed by atoms with Gasteiger partial charge >= 0.3 is 5.97 Å². The molecule has 0 saturated heterocycles. The fourth-order valence-corrected chi connectivity index (χ4v) is 13.2. The van der Waals surface area contributed by atoms with Gasteiger partial charge in [0.2, 0.25) is 47.3 Å². The van der Waals surface area contributed by atoms with Gasteiger partial charge in [0.1, 0.15) is 37.1 Å². The van der Waals surface area contributed by atoms with Gasteiger partial charge in [0.25, 0.3) is 0 Å². The van der Waals surface area contributed by atoms with Gasteiger partial charge in [-0.2, -0.15) is 0 Å². The van der Waals surface area contributed by atoms with E-state index in [0.29, 0.717) is 163 Å². The second-order valence-corrected chi connectivity index (χ2v) is 29.6. The van der Waals surface area contributed by atoms with E-state index in [-0.39, 0.29) is 153 Å². The van der Waals surface area contributed by atoms with Crippen molar-refractivity contribution in [3.63, 3.8) is 0 Å². The first-order valence-corrected chi connectivity index (χ1v) is 43.6. The van der Waals surface area contributed by atoms with Crippen molar-refractivity contribution in [2.24, 2.45) is 5.92 Å². The Morgan fingerprint density at radius 2 is 0.928 bits per heavy atom. The largest absolute Gasteiger partial charge is 0.460 e. The molecule has 41 heteroatoms. The first kappa shape index (κ1) is 107. The van der Waals surface area contributed by atoms with Gasteiger partial charge in [0, 0.05) is 119 Å². The number of carbonyl (C=O) groups is 11. The standard InChI is InChI=1S/C84H132N10O30S/c1-5-63(57-95)124-79(108-4)59-123-78(103)16-10-15-73(98)88-22-50-125-72-53-71(97)66(81(72)104)17-18-74(99)86-20-24-110-27-29-113-31-33-115-35-37-117-39-41-119-43-45-121-47-46-120-44-42-118-40-38-116-36-34-114-32-30-112-28-26-109-23-19-75(100)87-21-25-111-48-49-122-58-77(102)93-70(52-62-55-90-68-14-9-7-12-65(62)68)83(106)94-80(60(2)96)84(107)91-56-76(101)92-69(82(105)85-3)51-61-54-89-67-13-8-6-11-64(61)67/h6-9,11-14,54-55,60,63,66,69-70,72,79-80,89-90,95-96H,5,10,15-53,56-59H2,1-4H3,(H,85,105)(H,86,99)(H,87,100)(H,88,98)(H,91,107)(H,92,101)(H,93,102)(H,94,106)/t60-,63?,66?,69+,70+,72?,79?,80+/m1/s1. The van der Waals surface area contributed by atoms with Crippen LogP contribution in [0.2, 0.25) is 0 Å². The van der Waals surface area contributed by atoms with Gasteiger partial charge in [0.05, 0.1) is 215 Å². The lowest BCUT2D eigenvalue weighted by Crippen LogP contribution is -2.59. The molecule has 0 aliphatic heterocycles. The average molecular weight is 1790 g/mol. The maximum Gasteiger partial charge on any atom is 0.305 e. The van der Waals surface area contributed by atoms with Crippen LogP contribution in [0.4, 0.5) is 0 Å². The fraction of sp³-hybridized carbons (Fsp3) is 0.679. The summed E-state index contributed by atoms with van der Waals surface area (Å²) in [6, 6.07) is 11.1. The Balaban J connectivity index is 0.710. The Kier molecular flexibility index (Phi) is 58.3. The van der Waals surface area contributed by atoms with E-state index in [1.165, 1.54) is 32.8 Å². The maximum atomic E-state index is 13.9. The molecule has 0 radical (unpaired) electrons. The molecule has 2 aromatic heterocycles. The number of hydrogen-bond donors (Lipinski definition) is 12. The van der Waals surface area contributed by atoms with Crippen LogP contribution in [0.25, 0.3) is 21.8 Å². The van der Waals surface area contributed by atoms with Crippen molar-refractivity contribution in [1.29, 1.82) is 0 Å². The Morgan fingerprint density at radius 1 is 0.496 bits per heavy atom. The smallest absolute Gasteiger partial charge is 0.305 e. The summed E-state index contributed by atoms with van der Waals surface area (Å²) in [7, 11) is 2.85. The molecule has 1 fully saturated rings. The molecule has 4 aromatic rings. The van der Waals surface area contributed by atoms with E-state index in [0.717, 1.165) is 27.4 Å². The molecular weight excluding hydrogens is 1660 g/mol. The number of amides is 8. The SMILES string of the molecule is CCC(CO)OC(COC(=O)CCCC(=O)NCCSC1CC(=O)C(CCC(=O)NCCOCCOCCOCCOCCOCCOCCOCCOCCOCCOCCOCCOCCC(=O)NCCOCCOCC(=O)N[C@@H](Cc2c[nH]c3ccccc23)C(=O)N[C@H](C(=O)NCC(=O)N[C@@H](Cc2c[nH]c3ccccc23)C(=O)NC)[C@@H](C)O)C1=O)OC. The van der Waals surface area contributed by atoms with Gasteiger partial charge < -0.3 is 143 Å². The third-order valence-corrected chi connectivity index (χ3v) is 20.1. The number of benzene rings is 2. The quantitative estimate of drug-likeness (QED) is 0.0116. The van der Waals surface area contributed by atoms with E-state index in [4.69, 9.17) is 80.5 Å². The van der Waals surface area contributed by atoms with E-state index in [9.17, 15) is 63.0 Å². The number of H-pyrrole nitrogens is 2. The van der Waals surface area contributed by atoms with E-state index in [1.54, 1.807) is 12.4 Å². The molecule has 125 heavy (non-hydrogen) atoms. The predicted molar refractivity (Wildman–Crippen MR) is 455 cm³/mol. The minimum atomic E-state index is -1.54. The van der Waals surface area contributed by atoms with Crippen molar-refractivity contribution >= 4 is 98.4 Å². The third kappa shape index (κ3) is 47.9. The molecular formula is C84H132N10O30S. The van der Waals surface area contributed by atoms with Crippen molar-refractivity contribution < 1.29 is 143 Å². The van der Waals surface area contributed by atoms with Crippen LogP contribution in [-0.2, 0) is 146 Å². The summed E-state index contributed by atoms with van der Waals surface area (Å²) in [6.07, 6.45) is 2.27. The third-order valence-electron chi connectivity index (χ3n) is 18.8. The predicted octanol–water partition coefficient (Wildman–Crippen LogP) is -0.384. The first-order chi connectivity index (χ1) is 60.8. The van der Waals surface area contributed by atoms with Crippen LogP contribution < -0.4 is 42.5 Å². The highest BCUT2D eigenvalue weighted by Crippen LogP contribution is 2.31. The number of rotatable bonds is 78. The minimum absolute atomic E-state index is 0.0113. The number of nitrogens with one attached hydrogen (secondary N) is 10. The summed E-state index contributed by atoms with van der Waals surface area (Å²) in [5.74, 6) is -5.55. The van der Waals surface area contributed by atoms with Gasteiger partial charge in [0.15, 0.2) is 12.1 Å². The summed E-state index contributed by atoms with van der Waals surface area (Å²) in [5, 5.41) is 42.2. The second-order valence-electron chi connectivity index (χ2n) is 28.3. The summed E-state index contributed by atoms with van der Waals surface area (Å²) in [5.41, 5.74) is 3.13. The van der Waals surface area contributed by atoms with E-state index in [2.05, 4.69) is 52.5 Å². The van der Waals surface area contributed by atoms with E-state index in [1.807, 2.05) is 55.5 Å². The molecule has 8 amide bonds. The molecule has 12 N–H and O–H groups in total. The van der Waals surface area contributed by atoms with Crippen molar-refractivity contribution in [2.45, 2.75) is 120 Å². The summed E-state index contributed by atoms with van der Waals surface area (Å²) >= 11 is 1.30. The number of hydrogen-bond acceptors (Lipinski definition) is 31. The number of aliphatic hydroxyl groups excluding tert-OH is 2. The molecule has 4 unspecified atom stereocenters. The highest BCUT2D eigenvalue weighted by Gasteiger charge is 2.41. The van der Waals surface area contributed by atoms with Crippen molar-refractivity contribution in [2.75, 3.05) is 244 Å². The van der Waals surface area contributed by atoms with Crippen molar-refractivity contribution in [1.82, 2.24) is 52.5 Å². The molecule has 0 spiro atoms. The van der Waals surface area contributed by atoms with Crippen LogP contribution in [0.5, 0.6) is 0 Å². The van der Waals surface area contributed by atoms with Gasteiger partial charge in [-0.25, -0.2) is 0 Å². The molecule has 2 heterocycles. The van der Waals surface area contributed by atoms with Gasteiger partial charge in [-0.1, -0.05) is 43.3 Å². The normalized spacial score (nSPS) is 14.8. The Morgan fingerprint density at radius 3 is 1.39 bits per heavy atom. The number of ether oxygens (including phenoxy) is 17. The second kappa shape index (κ2) is 67.9. The van der Waals surface area contributed by atoms with Crippen LogP contribution in [0.15, 0.2) is 60.9 Å².